The highest BCUT2D eigenvalue weighted by atomic mass is 32.1. The van der Waals surface area contributed by atoms with Crippen LogP contribution in [0, 0.1) is 6.92 Å². The van der Waals surface area contributed by atoms with Gasteiger partial charge in [-0.3, -0.25) is 0 Å². The van der Waals surface area contributed by atoms with Gasteiger partial charge in [0.2, 0.25) is 0 Å². The predicted molar refractivity (Wildman–Crippen MR) is 95.0 cm³/mol. The predicted octanol–water partition coefficient (Wildman–Crippen LogP) is 6.88. The van der Waals surface area contributed by atoms with Crippen molar-refractivity contribution in [3.05, 3.63) is 76.7 Å². The van der Waals surface area contributed by atoms with Crippen molar-refractivity contribution in [3.8, 4) is 16.2 Å². The molecule has 0 saturated carbocycles. The van der Waals surface area contributed by atoms with Crippen molar-refractivity contribution < 1.29 is 17.9 Å². The van der Waals surface area contributed by atoms with Gasteiger partial charge in [0.05, 0.1) is 5.56 Å². The second-order valence-corrected chi connectivity index (χ2v) is 6.81. The second kappa shape index (κ2) is 6.92. The Kier molecular flexibility index (Phi) is 4.86. The van der Waals surface area contributed by atoms with Crippen LogP contribution < -0.4 is 4.74 Å². The van der Waals surface area contributed by atoms with Crippen molar-refractivity contribution in [2.75, 3.05) is 0 Å². The minimum Gasteiger partial charge on any atom is -0.486 e. The normalized spacial score (nSPS) is 12.8. The molecule has 0 N–H and O–H groups in total. The van der Waals surface area contributed by atoms with E-state index in [2.05, 4.69) is 0 Å². The standard InChI is InChI=1S/C20H17F3OS/c1-13-4-3-5-18(10-13)24-14(2)16-11-19(25-12-16)15-6-8-17(9-7-15)20(21,22)23/h3-12,14H,1-2H3. The van der Waals surface area contributed by atoms with E-state index >= 15 is 0 Å². The molecule has 1 unspecified atom stereocenters. The Labute approximate surface area is 148 Å². The molecule has 0 spiro atoms. The zero-order valence-electron chi connectivity index (χ0n) is 13.8. The Balaban J connectivity index is 1.75. The average molecular weight is 362 g/mol. The Morgan fingerprint density at radius 1 is 1.00 bits per heavy atom. The highest BCUT2D eigenvalue weighted by Crippen LogP contribution is 2.34. The number of ether oxygens (including phenoxy) is 1. The van der Waals surface area contributed by atoms with Crippen LogP contribution >= 0.6 is 11.3 Å². The van der Waals surface area contributed by atoms with Crippen LogP contribution in [0.25, 0.3) is 10.4 Å². The molecule has 0 fully saturated rings. The first-order valence-electron chi connectivity index (χ1n) is 7.82. The minimum atomic E-state index is -4.31. The number of thiophene rings is 1. The average Bonchev–Trinajstić information content (AvgIpc) is 3.04. The smallest absolute Gasteiger partial charge is 0.416 e. The van der Waals surface area contributed by atoms with E-state index in [-0.39, 0.29) is 6.10 Å². The Morgan fingerprint density at radius 3 is 2.36 bits per heavy atom. The summed E-state index contributed by atoms with van der Waals surface area (Å²) in [6.45, 7) is 3.96. The molecular formula is C20H17F3OS. The molecule has 3 rings (SSSR count). The van der Waals surface area contributed by atoms with Crippen molar-refractivity contribution in [2.45, 2.75) is 26.1 Å². The van der Waals surface area contributed by atoms with Gasteiger partial charge in [0, 0.05) is 10.4 Å². The van der Waals surface area contributed by atoms with Crippen molar-refractivity contribution >= 4 is 11.3 Å². The van der Waals surface area contributed by atoms with Crippen LogP contribution in [-0.2, 0) is 6.18 Å². The molecule has 1 aromatic heterocycles. The number of hydrogen-bond acceptors (Lipinski definition) is 2. The van der Waals surface area contributed by atoms with Gasteiger partial charge < -0.3 is 4.74 Å². The van der Waals surface area contributed by atoms with Crippen LogP contribution in [0.15, 0.2) is 60.0 Å². The topological polar surface area (TPSA) is 9.23 Å². The third kappa shape index (κ3) is 4.23. The quantitative estimate of drug-likeness (QED) is 0.491. The summed E-state index contributed by atoms with van der Waals surface area (Å²) in [6, 6.07) is 15.0. The molecule has 25 heavy (non-hydrogen) atoms. The molecule has 0 amide bonds. The van der Waals surface area contributed by atoms with Crippen molar-refractivity contribution in [1.29, 1.82) is 0 Å². The van der Waals surface area contributed by atoms with Crippen molar-refractivity contribution in [3.63, 3.8) is 0 Å². The van der Waals surface area contributed by atoms with Gasteiger partial charge in [0.25, 0.3) is 0 Å². The molecule has 5 heteroatoms. The molecule has 3 aromatic rings. The molecule has 1 atom stereocenters. The monoisotopic (exact) mass is 362 g/mol. The Morgan fingerprint density at radius 2 is 1.72 bits per heavy atom. The van der Waals surface area contributed by atoms with E-state index in [1.807, 2.05) is 49.6 Å². The fourth-order valence-corrected chi connectivity index (χ4v) is 3.50. The molecule has 0 saturated heterocycles. The maximum atomic E-state index is 12.7. The molecule has 0 bridgehead atoms. The molecule has 0 radical (unpaired) electrons. The molecule has 2 aromatic carbocycles. The second-order valence-electron chi connectivity index (χ2n) is 5.90. The lowest BCUT2D eigenvalue weighted by Crippen LogP contribution is -2.03. The largest absolute Gasteiger partial charge is 0.486 e. The van der Waals surface area contributed by atoms with Crippen LogP contribution in [0.2, 0.25) is 0 Å². The number of hydrogen-bond donors (Lipinski definition) is 0. The van der Waals surface area contributed by atoms with E-state index in [0.29, 0.717) is 0 Å². The van der Waals surface area contributed by atoms with Gasteiger partial charge in [-0.15, -0.1) is 11.3 Å². The molecule has 130 valence electrons. The summed E-state index contributed by atoms with van der Waals surface area (Å²) in [5, 5.41) is 1.98. The zero-order chi connectivity index (χ0) is 18.0. The van der Waals surface area contributed by atoms with Crippen LogP contribution in [0.1, 0.15) is 29.7 Å². The van der Waals surface area contributed by atoms with Gasteiger partial charge in [-0.25, -0.2) is 0 Å². The van der Waals surface area contributed by atoms with Crippen LogP contribution in [0.4, 0.5) is 13.2 Å². The number of alkyl halides is 3. The number of benzene rings is 2. The van der Waals surface area contributed by atoms with Gasteiger partial charge in [-0.2, -0.15) is 13.2 Å². The maximum Gasteiger partial charge on any atom is 0.416 e. The molecule has 0 aliphatic rings. The van der Waals surface area contributed by atoms with Gasteiger partial charge in [-0.1, -0.05) is 24.3 Å². The van der Waals surface area contributed by atoms with Gasteiger partial charge >= 0.3 is 6.18 Å². The summed E-state index contributed by atoms with van der Waals surface area (Å²) in [4.78, 5) is 0.920. The molecule has 0 aliphatic carbocycles. The van der Waals surface area contributed by atoms with Gasteiger partial charge in [0.15, 0.2) is 0 Å². The molecule has 1 heterocycles. The summed E-state index contributed by atoms with van der Waals surface area (Å²) < 4.78 is 43.9. The SMILES string of the molecule is Cc1cccc(OC(C)c2csc(-c3ccc(C(F)(F)F)cc3)c2)c1. The van der Waals surface area contributed by atoms with E-state index in [1.165, 1.54) is 23.5 Å². The highest BCUT2D eigenvalue weighted by Gasteiger charge is 2.30. The first-order valence-corrected chi connectivity index (χ1v) is 8.70. The summed E-state index contributed by atoms with van der Waals surface area (Å²) in [7, 11) is 0. The molecule has 1 nitrogen and oxygen atoms in total. The first-order chi connectivity index (χ1) is 11.8. The lowest BCUT2D eigenvalue weighted by atomic mass is 10.1. The van der Waals surface area contributed by atoms with Crippen molar-refractivity contribution in [1.82, 2.24) is 0 Å². The number of aryl methyl sites for hydroxylation is 1. The lowest BCUT2D eigenvalue weighted by molar-refractivity contribution is -0.137. The van der Waals surface area contributed by atoms with Crippen LogP contribution in [-0.4, -0.2) is 0 Å². The minimum absolute atomic E-state index is 0.138. The number of halogens is 3. The van der Waals surface area contributed by atoms with E-state index in [4.69, 9.17) is 4.74 Å². The van der Waals surface area contributed by atoms with E-state index in [0.717, 1.165) is 39.4 Å². The van der Waals surface area contributed by atoms with E-state index in [9.17, 15) is 13.2 Å². The summed E-state index contributed by atoms with van der Waals surface area (Å²) >= 11 is 1.50. The summed E-state index contributed by atoms with van der Waals surface area (Å²) in [6.07, 6.45) is -4.45. The third-order valence-electron chi connectivity index (χ3n) is 3.89. The van der Waals surface area contributed by atoms with E-state index in [1.54, 1.807) is 0 Å². The van der Waals surface area contributed by atoms with Gasteiger partial charge in [0.1, 0.15) is 11.9 Å². The third-order valence-corrected chi connectivity index (χ3v) is 4.89. The maximum absolute atomic E-state index is 12.7. The van der Waals surface area contributed by atoms with Gasteiger partial charge in [-0.05, 0) is 60.7 Å². The fraction of sp³-hybridized carbons (Fsp3) is 0.200. The van der Waals surface area contributed by atoms with Crippen LogP contribution in [0.3, 0.4) is 0 Å². The number of rotatable bonds is 4. The van der Waals surface area contributed by atoms with E-state index < -0.39 is 11.7 Å². The first kappa shape index (κ1) is 17.5. The van der Waals surface area contributed by atoms with Crippen molar-refractivity contribution in [2.24, 2.45) is 0 Å². The Hall–Kier alpha value is -2.27. The Bertz CT molecular complexity index is 850. The lowest BCUT2D eigenvalue weighted by Gasteiger charge is -2.13. The van der Waals surface area contributed by atoms with Crippen LogP contribution in [0.5, 0.6) is 5.75 Å². The molecule has 0 aliphatic heterocycles. The zero-order valence-corrected chi connectivity index (χ0v) is 14.6. The fourth-order valence-electron chi connectivity index (χ4n) is 2.50. The summed E-state index contributed by atoms with van der Waals surface area (Å²) in [5.41, 5.74) is 2.26. The summed E-state index contributed by atoms with van der Waals surface area (Å²) in [5.74, 6) is 0.801. The highest BCUT2D eigenvalue weighted by molar-refractivity contribution is 7.13. The molecular weight excluding hydrogens is 345 g/mol.